The van der Waals surface area contributed by atoms with E-state index in [9.17, 15) is 14.4 Å². The van der Waals surface area contributed by atoms with Crippen LogP contribution in [0.5, 0.6) is 0 Å². The quantitative estimate of drug-likeness (QED) is 0.625. The molecular formula is C21H34O5. The molecule has 0 aromatic rings. The Morgan fingerprint density at radius 1 is 1.08 bits per heavy atom. The molecule has 0 bridgehead atoms. The van der Waals surface area contributed by atoms with Gasteiger partial charge in [-0.3, -0.25) is 14.4 Å². The highest BCUT2D eigenvalue weighted by Gasteiger charge is 2.52. The zero-order valence-electron chi connectivity index (χ0n) is 16.8. The van der Waals surface area contributed by atoms with Crippen LogP contribution in [0.25, 0.3) is 0 Å². The Bertz CT molecular complexity index is 545. The van der Waals surface area contributed by atoms with E-state index in [1.54, 1.807) is 0 Å². The molecule has 0 saturated heterocycles. The number of aliphatic carboxylic acids is 1. The smallest absolute Gasteiger partial charge is 0.309 e. The maximum absolute atomic E-state index is 12.4. The normalized spacial score (nSPS) is 29.0. The predicted octanol–water partition coefficient (Wildman–Crippen LogP) is 3.94. The summed E-state index contributed by atoms with van der Waals surface area (Å²) in [5.41, 5.74) is 0.0738. The van der Waals surface area contributed by atoms with Crippen LogP contribution in [-0.2, 0) is 19.1 Å². The number of carbonyl (C=O) groups is 3. The highest BCUT2D eigenvalue weighted by molar-refractivity contribution is 5.92. The van der Waals surface area contributed by atoms with Crippen molar-refractivity contribution in [2.75, 3.05) is 6.61 Å². The third kappa shape index (κ3) is 5.31. The molecule has 148 valence electrons. The predicted molar refractivity (Wildman–Crippen MR) is 98.4 cm³/mol. The number of carboxylic acids is 1. The molecule has 5 nitrogen and oxygen atoms in total. The van der Waals surface area contributed by atoms with Gasteiger partial charge in [0, 0.05) is 11.8 Å². The van der Waals surface area contributed by atoms with E-state index in [0.29, 0.717) is 19.4 Å². The summed E-state index contributed by atoms with van der Waals surface area (Å²) < 4.78 is 5.54. The number of esters is 1. The highest BCUT2D eigenvalue weighted by Crippen LogP contribution is 2.47. The third-order valence-corrected chi connectivity index (χ3v) is 5.93. The summed E-state index contributed by atoms with van der Waals surface area (Å²) in [7, 11) is 0. The monoisotopic (exact) mass is 366 g/mol. The molecule has 2 fully saturated rings. The lowest BCUT2D eigenvalue weighted by Gasteiger charge is -2.36. The Balaban J connectivity index is 1.76. The number of rotatable bonds is 9. The number of ketones is 1. The zero-order chi connectivity index (χ0) is 19.6. The molecule has 5 atom stereocenters. The minimum absolute atomic E-state index is 0.0291. The van der Waals surface area contributed by atoms with Crippen molar-refractivity contribution in [3.05, 3.63) is 0 Å². The van der Waals surface area contributed by atoms with Gasteiger partial charge < -0.3 is 9.84 Å². The molecule has 26 heavy (non-hydrogen) atoms. The molecule has 0 radical (unpaired) electrons. The Kier molecular flexibility index (Phi) is 6.51. The molecule has 2 aliphatic carbocycles. The van der Waals surface area contributed by atoms with Gasteiger partial charge in [0.25, 0.3) is 0 Å². The van der Waals surface area contributed by atoms with E-state index in [0.717, 1.165) is 19.3 Å². The first-order valence-corrected chi connectivity index (χ1v) is 9.94. The molecule has 5 unspecified atom stereocenters. The second kappa shape index (κ2) is 8.10. The largest absolute Gasteiger partial charge is 0.481 e. The Morgan fingerprint density at radius 3 is 2.15 bits per heavy atom. The molecule has 0 aromatic carbocycles. The van der Waals surface area contributed by atoms with Gasteiger partial charge in [0.2, 0.25) is 0 Å². The van der Waals surface area contributed by atoms with E-state index in [-0.39, 0.29) is 46.8 Å². The topological polar surface area (TPSA) is 80.7 Å². The molecule has 5 heteroatoms. The maximum Gasteiger partial charge on any atom is 0.309 e. The fourth-order valence-electron chi connectivity index (χ4n) is 4.02. The van der Waals surface area contributed by atoms with Gasteiger partial charge in [0.05, 0.1) is 18.4 Å². The summed E-state index contributed by atoms with van der Waals surface area (Å²) >= 11 is 0. The van der Waals surface area contributed by atoms with Gasteiger partial charge in [-0.1, -0.05) is 34.6 Å². The van der Waals surface area contributed by atoms with Crippen LogP contribution in [0, 0.1) is 40.9 Å². The lowest BCUT2D eigenvalue weighted by atomic mass is 9.69. The first kappa shape index (κ1) is 20.9. The van der Waals surface area contributed by atoms with Crippen molar-refractivity contribution in [1.29, 1.82) is 0 Å². The number of ether oxygens (including phenoxy) is 1. The molecule has 2 rings (SSSR count). The van der Waals surface area contributed by atoms with Crippen LogP contribution in [0.2, 0.25) is 0 Å². The minimum Gasteiger partial charge on any atom is -0.481 e. The van der Waals surface area contributed by atoms with Crippen LogP contribution < -0.4 is 0 Å². The van der Waals surface area contributed by atoms with Crippen LogP contribution in [0.4, 0.5) is 0 Å². The molecule has 0 amide bonds. The van der Waals surface area contributed by atoms with Gasteiger partial charge in [-0.25, -0.2) is 0 Å². The number of hydrogen-bond donors (Lipinski definition) is 1. The molecule has 0 aliphatic heterocycles. The van der Waals surface area contributed by atoms with E-state index in [2.05, 4.69) is 20.8 Å². The van der Waals surface area contributed by atoms with Crippen LogP contribution in [-0.4, -0.2) is 29.4 Å². The molecule has 0 spiro atoms. The first-order valence-electron chi connectivity index (χ1n) is 9.94. The van der Waals surface area contributed by atoms with Gasteiger partial charge in [0.1, 0.15) is 5.78 Å². The average Bonchev–Trinajstić information content (AvgIpc) is 3.27. The number of hydrogen-bond acceptors (Lipinski definition) is 4. The van der Waals surface area contributed by atoms with E-state index in [4.69, 9.17) is 9.84 Å². The molecule has 0 heterocycles. The molecule has 0 aromatic heterocycles. The van der Waals surface area contributed by atoms with E-state index in [1.165, 1.54) is 0 Å². The Morgan fingerprint density at radius 2 is 1.73 bits per heavy atom. The average molecular weight is 366 g/mol. The summed E-state index contributed by atoms with van der Waals surface area (Å²) in [5.74, 6) is -1.27. The standard InChI is InChI=1S/C21H34O5/c1-12(2)17(11-21(3,4)5)20(25)26-9-8-13-6-7-14(13)18(22)15-10-16(15)19(23)24/h12-17H,6-11H2,1-5H3,(H,23,24). The summed E-state index contributed by atoms with van der Waals surface area (Å²) in [5, 5.41) is 8.98. The van der Waals surface area contributed by atoms with E-state index >= 15 is 0 Å². The van der Waals surface area contributed by atoms with Crippen molar-refractivity contribution in [3.8, 4) is 0 Å². The van der Waals surface area contributed by atoms with Crippen molar-refractivity contribution in [2.24, 2.45) is 40.9 Å². The van der Waals surface area contributed by atoms with Gasteiger partial charge in [-0.15, -0.1) is 0 Å². The summed E-state index contributed by atoms with van der Waals surface area (Å²) in [6.07, 6.45) is 3.81. The molecule has 1 N–H and O–H groups in total. The second-order valence-electron chi connectivity index (χ2n) is 9.70. The van der Waals surface area contributed by atoms with Gasteiger partial charge in [-0.05, 0) is 49.4 Å². The Labute approximate surface area is 156 Å². The maximum atomic E-state index is 12.4. The fourth-order valence-corrected chi connectivity index (χ4v) is 4.02. The summed E-state index contributed by atoms with van der Waals surface area (Å²) in [6, 6.07) is 0. The van der Waals surface area contributed by atoms with Crippen LogP contribution in [0.1, 0.15) is 66.7 Å². The molecule has 2 saturated carbocycles. The van der Waals surface area contributed by atoms with Gasteiger partial charge in [-0.2, -0.15) is 0 Å². The van der Waals surface area contributed by atoms with Crippen molar-refractivity contribution in [1.82, 2.24) is 0 Å². The number of Topliss-reactive ketones (excluding diaryl/α,β-unsaturated/α-hetero) is 1. The molecule has 2 aliphatic rings. The molecular weight excluding hydrogens is 332 g/mol. The van der Waals surface area contributed by atoms with E-state index in [1.807, 2.05) is 13.8 Å². The highest BCUT2D eigenvalue weighted by atomic mass is 16.5. The third-order valence-electron chi connectivity index (χ3n) is 5.93. The van der Waals surface area contributed by atoms with Crippen LogP contribution >= 0.6 is 0 Å². The Hall–Kier alpha value is -1.39. The summed E-state index contributed by atoms with van der Waals surface area (Å²) in [6.45, 7) is 10.8. The fraction of sp³-hybridized carbons (Fsp3) is 0.857. The van der Waals surface area contributed by atoms with E-state index < -0.39 is 11.9 Å². The van der Waals surface area contributed by atoms with Gasteiger partial charge in [0.15, 0.2) is 0 Å². The zero-order valence-corrected chi connectivity index (χ0v) is 16.8. The number of carboxylic acid groups (broad SMARTS) is 1. The minimum atomic E-state index is -0.855. The van der Waals surface area contributed by atoms with Crippen molar-refractivity contribution in [2.45, 2.75) is 66.7 Å². The lowest BCUT2D eigenvalue weighted by molar-refractivity contribution is -0.152. The van der Waals surface area contributed by atoms with Crippen molar-refractivity contribution >= 4 is 17.7 Å². The SMILES string of the molecule is CC(C)C(CC(C)(C)C)C(=O)OCCC1CCC1C(=O)C1CC1C(=O)O. The lowest BCUT2D eigenvalue weighted by Crippen LogP contribution is -2.36. The van der Waals surface area contributed by atoms with Crippen molar-refractivity contribution < 1.29 is 24.2 Å². The van der Waals surface area contributed by atoms with Crippen LogP contribution in [0.15, 0.2) is 0 Å². The van der Waals surface area contributed by atoms with Gasteiger partial charge >= 0.3 is 11.9 Å². The first-order chi connectivity index (χ1) is 12.0. The summed E-state index contributed by atoms with van der Waals surface area (Å²) in [4.78, 5) is 35.8. The van der Waals surface area contributed by atoms with Crippen molar-refractivity contribution in [3.63, 3.8) is 0 Å². The number of carbonyl (C=O) groups excluding carboxylic acids is 2. The second-order valence-corrected chi connectivity index (χ2v) is 9.70. The van der Waals surface area contributed by atoms with Crippen LogP contribution in [0.3, 0.4) is 0 Å².